The third-order valence-electron chi connectivity index (χ3n) is 5.31. The maximum atomic E-state index is 12.0. The number of carbonyl (C=O) groups is 1. The van der Waals surface area contributed by atoms with E-state index in [0.29, 0.717) is 12.3 Å². The van der Waals surface area contributed by atoms with E-state index in [4.69, 9.17) is 9.15 Å². The lowest BCUT2D eigenvalue weighted by atomic mass is 9.88. The Hall–Kier alpha value is -2.41. The Labute approximate surface area is 152 Å². The predicted molar refractivity (Wildman–Crippen MR) is 96.1 cm³/mol. The van der Waals surface area contributed by atoms with Crippen molar-refractivity contribution < 1.29 is 13.9 Å². The maximum Gasteiger partial charge on any atom is 0.287 e. The summed E-state index contributed by atoms with van der Waals surface area (Å²) in [7, 11) is 0. The first-order valence-electron chi connectivity index (χ1n) is 9.18. The summed E-state index contributed by atoms with van der Waals surface area (Å²) >= 11 is 0. The monoisotopic (exact) mass is 356 g/mol. The molecule has 1 spiro atoms. The first-order valence-corrected chi connectivity index (χ1v) is 9.18. The molecule has 26 heavy (non-hydrogen) atoms. The SMILES string of the molecule is Cc1ccnc(N2CCC3(CC[C@@H](CNC(=O)c4ccco4)O3)CC2)n1. The normalized spacial score (nSPS) is 21.9. The van der Waals surface area contributed by atoms with Crippen LogP contribution in [0.1, 0.15) is 41.9 Å². The lowest BCUT2D eigenvalue weighted by Gasteiger charge is -2.39. The van der Waals surface area contributed by atoms with Gasteiger partial charge in [0.2, 0.25) is 5.95 Å². The second-order valence-corrected chi connectivity index (χ2v) is 7.13. The summed E-state index contributed by atoms with van der Waals surface area (Å²) in [5.74, 6) is 0.954. The number of rotatable bonds is 4. The Kier molecular flexibility index (Phi) is 4.63. The van der Waals surface area contributed by atoms with Crippen molar-refractivity contribution in [2.75, 3.05) is 24.5 Å². The van der Waals surface area contributed by atoms with Crippen molar-refractivity contribution in [1.82, 2.24) is 15.3 Å². The third kappa shape index (κ3) is 3.58. The lowest BCUT2D eigenvalue weighted by Crippen LogP contribution is -2.45. The highest BCUT2D eigenvalue weighted by Gasteiger charge is 2.42. The van der Waals surface area contributed by atoms with E-state index in [1.54, 1.807) is 12.1 Å². The molecule has 4 rings (SSSR count). The van der Waals surface area contributed by atoms with E-state index in [-0.39, 0.29) is 17.6 Å². The molecule has 7 heteroatoms. The molecule has 2 fully saturated rings. The van der Waals surface area contributed by atoms with Gasteiger partial charge >= 0.3 is 0 Å². The van der Waals surface area contributed by atoms with Crippen LogP contribution in [0.3, 0.4) is 0 Å². The number of nitrogens with zero attached hydrogens (tertiary/aromatic N) is 3. The first-order chi connectivity index (χ1) is 12.6. The molecule has 0 unspecified atom stereocenters. The minimum atomic E-state index is -0.189. The fraction of sp³-hybridized carbons (Fsp3) is 0.526. The van der Waals surface area contributed by atoms with Crippen LogP contribution in [0.15, 0.2) is 35.1 Å². The molecule has 138 valence electrons. The molecule has 2 aliphatic rings. The van der Waals surface area contributed by atoms with Gasteiger partial charge in [-0.1, -0.05) is 0 Å². The number of hydrogen-bond acceptors (Lipinski definition) is 6. The molecule has 2 aromatic heterocycles. The zero-order chi connectivity index (χ0) is 18.0. The van der Waals surface area contributed by atoms with Crippen LogP contribution in [0.5, 0.6) is 0 Å². The first kappa shape index (κ1) is 17.0. The Bertz CT molecular complexity index is 754. The van der Waals surface area contributed by atoms with Gasteiger partial charge < -0.3 is 19.4 Å². The van der Waals surface area contributed by atoms with E-state index in [2.05, 4.69) is 20.2 Å². The molecule has 1 N–H and O–H groups in total. The number of aromatic nitrogens is 2. The number of aryl methyl sites for hydroxylation is 1. The number of nitrogens with one attached hydrogen (secondary N) is 1. The van der Waals surface area contributed by atoms with Crippen LogP contribution in [0.2, 0.25) is 0 Å². The molecule has 2 aliphatic heterocycles. The molecule has 2 aromatic rings. The molecule has 4 heterocycles. The van der Waals surface area contributed by atoms with E-state index in [0.717, 1.165) is 50.4 Å². The van der Waals surface area contributed by atoms with Crippen LogP contribution in [-0.2, 0) is 4.74 Å². The summed E-state index contributed by atoms with van der Waals surface area (Å²) in [6.45, 7) is 4.30. The van der Waals surface area contributed by atoms with Gasteiger partial charge in [-0.05, 0) is 50.8 Å². The molecule has 0 aliphatic carbocycles. The summed E-state index contributed by atoms with van der Waals surface area (Å²) in [6, 6.07) is 5.29. The van der Waals surface area contributed by atoms with Gasteiger partial charge in [-0.25, -0.2) is 9.97 Å². The van der Waals surface area contributed by atoms with Crippen LogP contribution in [0.25, 0.3) is 0 Å². The van der Waals surface area contributed by atoms with Gasteiger partial charge in [0, 0.05) is 31.5 Å². The predicted octanol–water partition coefficient (Wildman–Crippen LogP) is 2.33. The highest BCUT2D eigenvalue weighted by molar-refractivity contribution is 5.91. The molecule has 0 aromatic carbocycles. The van der Waals surface area contributed by atoms with Gasteiger partial charge in [0.15, 0.2) is 5.76 Å². The largest absolute Gasteiger partial charge is 0.459 e. The number of anilines is 1. The van der Waals surface area contributed by atoms with Crippen LogP contribution >= 0.6 is 0 Å². The molecule has 7 nitrogen and oxygen atoms in total. The molecular weight excluding hydrogens is 332 g/mol. The van der Waals surface area contributed by atoms with Gasteiger partial charge in [-0.3, -0.25) is 4.79 Å². The molecular formula is C19H24N4O3. The minimum Gasteiger partial charge on any atom is -0.459 e. The molecule has 1 atom stereocenters. The van der Waals surface area contributed by atoms with Crippen LogP contribution in [0, 0.1) is 6.92 Å². The molecule has 0 bridgehead atoms. The van der Waals surface area contributed by atoms with Crippen molar-refractivity contribution in [1.29, 1.82) is 0 Å². The Morgan fingerprint density at radius 2 is 2.19 bits per heavy atom. The van der Waals surface area contributed by atoms with Gasteiger partial charge in [-0.2, -0.15) is 0 Å². The Morgan fingerprint density at radius 3 is 2.92 bits per heavy atom. The zero-order valence-corrected chi connectivity index (χ0v) is 15.0. The maximum absolute atomic E-state index is 12.0. The highest BCUT2D eigenvalue weighted by atomic mass is 16.5. The topological polar surface area (TPSA) is 80.5 Å². The van der Waals surface area contributed by atoms with Gasteiger partial charge in [0.1, 0.15) is 0 Å². The average molecular weight is 356 g/mol. The molecule has 1 amide bonds. The number of carbonyl (C=O) groups excluding carboxylic acids is 1. The minimum absolute atomic E-state index is 0.0654. The Balaban J connectivity index is 1.28. The van der Waals surface area contributed by atoms with Crippen molar-refractivity contribution in [2.45, 2.75) is 44.3 Å². The van der Waals surface area contributed by atoms with Crippen LogP contribution in [-0.4, -0.2) is 47.2 Å². The van der Waals surface area contributed by atoms with Gasteiger partial charge in [0.25, 0.3) is 5.91 Å². The van der Waals surface area contributed by atoms with Crippen molar-refractivity contribution in [2.24, 2.45) is 0 Å². The highest BCUT2D eigenvalue weighted by Crippen LogP contribution is 2.39. The summed E-state index contributed by atoms with van der Waals surface area (Å²) in [6.07, 6.45) is 7.32. The van der Waals surface area contributed by atoms with Crippen LogP contribution in [0.4, 0.5) is 5.95 Å². The summed E-state index contributed by atoms with van der Waals surface area (Å²) in [5, 5.41) is 2.90. The number of ether oxygens (including phenoxy) is 1. The fourth-order valence-electron chi connectivity index (χ4n) is 3.81. The summed E-state index contributed by atoms with van der Waals surface area (Å²) in [4.78, 5) is 23.1. The van der Waals surface area contributed by atoms with Crippen molar-refractivity contribution in [3.05, 3.63) is 42.1 Å². The standard InChI is InChI=1S/C19H24N4O3/c1-14-5-9-20-18(22-14)23-10-7-19(8-11-23)6-4-15(26-19)13-21-17(24)16-3-2-12-25-16/h2-3,5,9,12,15H,4,6-8,10-11,13H2,1H3,(H,21,24)/t15-/m0/s1. The number of piperidine rings is 1. The third-order valence-corrected chi connectivity index (χ3v) is 5.31. The quantitative estimate of drug-likeness (QED) is 0.906. The molecule has 2 saturated heterocycles. The van der Waals surface area contributed by atoms with E-state index >= 15 is 0 Å². The smallest absolute Gasteiger partial charge is 0.287 e. The number of amides is 1. The van der Waals surface area contributed by atoms with E-state index in [9.17, 15) is 4.79 Å². The summed E-state index contributed by atoms with van der Waals surface area (Å²) < 4.78 is 11.5. The van der Waals surface area contributed by atoms with E-state index < -0.39 is 0 Å². The van der Waals surface area contributed by atoms with E-state index in [1.165, 1.54) is 6.26 Å². The Morgan fingerprint density at radius 1 is 1.35 bits per heavy atom. The number of hydrogen-bond donors (Lipinski definition) is 1. The second-order valence-electron chi connectivity index (χ2n) is 7.13. The summed E-state index contributed by atoms with van der Waals surface area (Å²) in [5.41, 5.74) is 0.917. The molecule has 0 radical (unpaired) electrons. The molecule has 0 saturated carbocycles. The lowest BCUT2D eigenvalue weighted by molar-refractivity contribution is -0.0543. The van der Waals surface area contributed by atoms with Crippen molar-refractivity contribution in [3.63, 3.8) is 0 Å². The average Bonchev–Trinajstić information content (AvgIpc) is 3.31. The van der Waals surface area contributed by atoms with Crippen LogP contribution < -0.4 is 10.2 Å². The van der Waals surface area contributed by atoms with Crippen molar-refractivity contribution >= 4 is 11.9 Å². The van der Waals surface area contributed by atoms with Gasteiger partial charge in [-0.15, -0.1) is 0 Å². The second kappa shape index (κ2) is 7.07. The number of furan rings is 1. The zero-order valence-electron chi connectivity index (χ0n) is 15.0. The van der Waals surface area contributed by atoms with Gasteiger partial charge in [0.05, 0.1) is 18.0 Å². The van der Waals surface area contributed by atoms with Crippen molar-refractivity contribution in [3.8, 4) is 0 Å². The fourth-order valence-corrected chi connectivity index (χ4v) is 3.81. The van der Waals surface area contributed by atoms with E-state index in [1.807, 2.05) is 19.2 Å².